The highest BCUT2D eigenvalue weighted by molar-refractivity contribution is 5.70. The van der Waals surface area contributed by atoms with E-state index < -0.39 is 18.1 Å². The van der Waals surface area contributed by atoms with Gasteiger partial charge in [-0.05, 0) is 32.1 Å². The molecule has 0 spiro atoms. The van der Waals surface area contributed by atoms with Gasteiger partial charge in [0.15, 0.2) is 6.10 Å². The van der Waals surface area contributed by atoms with Crippen LogP contribution in [0.4, 0.5) is 0 Å². The van der Waals surface area contributed by atoms with Crippen LogP contribution < -0.4 is 5.11 Å². The third-order valence-corrected chi connectivity index (χ3v) is 11.3. The molecule has 8 nitrogen and oxygen atoms in total. The van der Waals surface area contributed by atoms with Crippen LogP contribution in [0.3, 0.4) is 0 Å². The highest BCUT2D eigenvalue weighted by atomic mass is 16.6. The maximum absolute atomic E-state index is 12.7. The van der Waals surface area contributed by atoms with Gasteiger partial charge >= 0.3 is 11.9 Å². The Labute approximate surface area is 381 Å². The minimum absolute atomic E-state index is 0.0229. The predicted molar refractivity (Wildman–Crippen MR) is 259 cm³/mol. The van der Waals surface area contributed by atoms with Crippen molar-refractivity contribution < 1.29 is 38.2 Å². The van der Waals surface area contributed by atoms with Crippen molar-refractivity contribution in [3.8, 4) is 0 Å². The van der Waals surface area contributed by atoms with E-state index in [-0.39, 0.29) is 49.1 Å². The molecule has 2 unspecified atom stereocenters. The van der Waals surface area contributed by atoms with E-state index in [1.54, 1.807) is 21.1 Å². The molecular weight excluding hydrogens is 775 g/mol. The van der Waals surface area contributed by atoms with E-state index in [2.05, 4.69) is 26.0 Å². The fourth-order valence-electron chi connectivity index (χ4n) is 7.39. The number of nitrogens with zero attached hydrogens (tertiary/aromatic N) is 1. The molecule has 358 valence electrons. The molecule has 0 bridgehead atoms. The normalized spacial score (nSPS) is 13.4. The summed E-state index contributed by atoms with van der Waals surface area (Å²) in [5.74, 6) is -1.79. The summed E-state index contributed by atoms with van der Waals surface area (Å²) in [6, 6.07) is -0.736. The van der Waals surface area contributed by atoms with E-state index in [0.717, 1.165) is 44.9 Å². The summed E-state index contributed by atoms with van der Waals surface area (Å²) in [6.07, 6.45) is 55.5. The van der Waals surface area contributed by atoms with Gasteiger partial charge in [-0.3, -0.25) is 9.59 Å². The summed E-state index contributed by atoms with van der Waals surface area (Å²) in [6.45, 7) is 4.49. The quantitative estimate of drug-likeness (QED) is 0.0260. The van der Waals surface area contributed by atoms with Gasteiger partial charge in [0.2, 0.25) is 0 Å². The Kier molecular flexibility index (Phi) is 42.5. The SMILES string of the molecule is CC/C=C/C=C/C=C/C=C/C=C/CCCCCC(=O)OC(COCCC(C(=O)[O-])[N+](C)(C)C)COC(=O)CCCCCCCCCCCCCCCCCCCCCCCCC. The van der Waals surface area contributed by atoms with Crippen LogP contribution in [0.2, 0.25) is 0 Å². The smallest absolute Gasteiger partial charge is 0.306 e. The number of ether oxygens (including phenoxy) is 3. The first-order valence-corrected chi connectivity index (χ1v) is 25.4. The highest BCUT2D eigenvalue weighted by Crippen LogP contribution is 2.16. The molecule has 8 heteroatoms. The molecule has 2 atom stereocenters. The number of carboxylic acids is 1. The third kappa shape index (κ3) is 42.3. The van der Waals surface area contributed by atoms with Gasteiger partial charge in [-0.2, -0.15) is 0 Å². The summed E-state index contributed by atoms with van der Waals surface area (Å²) in [5.41, 5.74) is 0. The Morgan fingerprint density at radius 1 is 0.500 bits per heavy atom. The number of hydrogen-bond donors (Lipinski definition) is 0. The number of unbranched alkanes of at least 4 members (excludes halogenated alkanes) is 25. The first-order valence-electron chi connectivity index (χ1n) is 25.4. The Morgan fingerprint density at radius 2 is 0.903 bits per heavy atom. The first-order chi connectivity index (χ1) is 30.1. The zero-order valence-electron chi connectivity index (χ0n) is 40.8. The van der Waals surface area contributed by atoms with Gasteiger partial charge in [0.05, 0.1) is 40.3 Å². The van der Waals surface area contributed by atoms with Crippen LogP contribution in [0.25, 0.3) is 0 Å². The van der Waals surface area contributed by atoms with Crippen LogP contribution in [0.5, 0.6) is 0 Å². The zero-order chi connectivity index (χ0) is 45.6. The van der Waals surface area contributed by atoms with Crippen LogP contribution >= 0.6 is 0 Å². The number of carbonyl (C=O) groups is 3. The molecule has 0 amide bonds. The maximum atomic E-state index is 12.7. The van der Waals surface area contributed by atoms with Gasteiger partial charge in [0.25, 0.3) is 0 Å². The van der Waals surface area contributed by atoms with Crippen molar-refractivity contribution in [1.29, 1.82) is 0 Å². The zero-order valence-corrected chi connectivity index (χ0v) is 40.8. The van der Waals surface area contributed by atoms with Crippen molar-refractivity contribution in [2.24, 2.45) is 0 Å². The van der Waals surface area contributed by atoms with Crippen molar-refractivity contribution in [1.82, 2.24) is 0 Å². The number of rotatable bonds is 45. The molecule has 0 fully saturated rings. The number of carbonyl (C=O) groups excluding carboxylic acids is 3. The van der Waals surface area contributed by atoms with Gasteiger partial charge < -0.3 is 28.6 Å². The van der Waals surface area contributed by atoms with Crippen LogP contribution in [-0.4, -0.2) is 75.5 Å². The lowest BCUT2D eigenvalue weighted by Crippen LogP contribution is -2.55. The Balaban J connectivity index is 4.23. The van der Waals surface area contributed by atoms with Crippen molar-refractivity contribution in [3.63, 3.8) is 0 Å². The summed E-state index contributed by atoms with van der Waals surface area (Å²) >= 11 is 0. The second-order valence-electron chi connectivity index (χ2n) is 18.2. The summed E-state index contributed by atoms with van der Waals surface area (Å²) in [4.78, 5) is 37.0. The van der Waals surface area contributed by atoms with Crippen molar-refractivity contribution in [2.75, 3.05) is 41.0 Å². The maximum Gasteiger partial charge on any atom is 0.306 e. The van der Waals surface area contributed by atoms with Gasteiger partial charge in [-0.1, -0.05) is 222 Å². The topological polar surface area (TPSA) is 102 Å². The van der Waals surface area contributed by atoms with E-state index in [0.29, 0.717) is 12.8 Å². The van der Waals surface area contributed by atoms with E-state index in [1.807, 2.05) is 48.6 Å². The van der Waals surface area contributed by atoms with E-state index in [1.165, 1.54) is 128 Å². The van der Waals surface area contributed by atoms with Gasteiger partial charge in [-0.15, -0.1) is 0 Å². The van der Waals surface area contributed by atoms with Crippen molar-refractivity contribution in [3.05, 3.63) is 60.8 Å². The summed E-state index contributed by atoms with van der Waals surface area (Å²) in [7, 11) is 5.39. The molecule has 0 aromatic carbocycles. The molecule has 0 saturated heterocycles. The predicted octanol–water partition coefficient (Wildman–Crippen LogP) is 13.2. The molecule has 0 aliphatic carbocycles. The lowest BCUT2D eigenvalue weighted by molar-refractivity contribution is -0.889. The Hall–Kier alpha value is -2.97. The second-order valence-corrected chi connectivity index (χ2v) is 18.2. The van der Waals surface area contributed by atoms with Crippen molar-refractivity contribution >= 4 is 17.9 Å². The average Bonchev–Trinajstić information content (AvgIpc) is 3.23. The van der Waals surface area contributed by atoms with Gasteiger partial charge in [0, 0.05) is 19.3 Å². The summed E-state index contributed by atoms with van der Waals surface area (Å²) in [5, 5.41) is 11.6. The minimum atomic E-state index is -1.13. The lowest BCUT2D eigenvalue weighted by atomic mass is 10.0. The Morgan fingerprint density at radius 3 is 1.34 bits per heavy atom. The molecule has 0 N–H and O–H groups in total. The van der Waals surface area contributed by atoms with Crippen LogP contribution in [0.1, 0.15) is 213 Å². The van der Waals surface area contributed by atoms with Crippen LogP contribution in [0, 0.1) is 0 Å². The molecule has 0 radical (unpaired) electrons. The standard InChI is InChI=1S/C54H95NO7/c1-6-8-10-12-14-16-18-20-22-23-24-25-26-27-28-29-31-32-34-36-38-40-42-44-52(56)61-49-50(48-60-47-46-51(54(58)59)55(3,4)5)62-53(57)45-43-41-39-37-35-33-30-21-19-17-15-13-11-9-7-2/h9,11,13,15,17,19,21,30,33,35,50-51H,6-8,10,12,14,16,18,20,22-29,31-32,34,36-49H2,1-5H3/b11-9+,15-13+,19-17+,30-21+,35-33+. The minimum Gasteiger partial charge on any atom is -0.544 e. The fraction of sp³-hybridized carbons (Fsp3) is 0.759. The highest BCUT2D eigenvalue weighted by Gasteiger charge is 2.25. The lowest BCUT2D eigenvalue weighted by Gasteiger charge is -2.34. The molecule has 0 saturated carbocycles. The number of allylic oxidation sites excluding steroid dienone is 10. The molecule has 0 aromatic rings. The molecular formula is C54H95NO7. The van der Waals surface area contributed by atoms with Crippen molar-refractivity contribution in [2.45, 2.75) is 225 Å². The first kappa shape index (κ1) is 59.0. The fourth-order valence-corrected chi connectivity index (χ4v) is 7.39. The number of aliphatic carboxylic acids is 1. The monoisotopic (exact) mass is 870 g/mol. The van der Waals surface area contributed by atoms with E-state index in [9.17, 15) is 19.5 Å². The number of likely N-dealkylation sites (N-methyl/N-ethyl adjacent to an activating group) is 1. The summed E-state index contributed by atoms with van der Waals surface area (Å²) < 4.78 is 17.2. The van der Waals surface area contributed by atoms with Gasteiger partial charge in [0.1, 0.15) is 12.6 Å². The molecule has 0 heterocycles. The number of hydrogen-bond acceptors (Lipinski definition) is 7. The Bertz CT molecular complexity index is 1200. The van der Waals surface area contributed by atoms with Gasteiger partial charge in [-0.25, -0.2) is 0 Å². The molecule has 0 rings (SSSR count). The molecule has 0 aromatic heterocycles. The number of esters is 2. The third-order valence-electron chi connectivity index (χ3n) is 11.3. The second kappa shape index (κ2) is 44.6. The molecule has 62 heavy (non-hydrogen) atoms. The number of quaternary nitrogens is 1. The average molecular weight is 870 g/mol. The van der Waals surface area contributed by atoms with E-state index >= 15 is 0 Å². The van der Waals surface area contributed by atoms with Crippen LogP contribution in [-0.2, 0) is 28.6 Å². The van der Waals surface area contributed by atoms with Crippen LogP contribution in [0.15, 0.2) is 60.8 Å². The largest absolute Gasteiger partial charge is 0.544 e. The number of carboxylic acid groups (broad SMARTS) is 1. The van der Waals surface area contributed by atoms with E-state index in [4.69, 9.17) is 14.2 Å². The molecule has 0 aliphatic rings. The molecule has 0 aliphatic heterocycles.